The third-order valence-corrected chi connectivity index (χ3v) is 5.38. The van der Waals surface area contributed by atoms with E-state index in [0.717, 1.165) is 23.4 Å². The van der Waals surface area contributed by atoms with Crippen molar-refractivity contribution < 1.29 is 14.3 Å². The van der Waals surface area contributed by atoms with E-state index in [2.05, 4.69) is 5.32 Å². The second-order valence-electron chi connectivity index (χ2n) is 5.98. The molecular weight excluding hydrogens is 348 g/mol. The van der Waals surface area contributed by atoms with Crippen molar-refractivity contribution in [1.29, 1.82) is 0 Å². The van der Waals surface area contributed by atoms with Crippen molar-refractivity contribution in [2.24, 2.45) is 0 Å². The summed E-state index contributed by atoms with van der Waals surface area (Å²) in [6, 6.07) is 15.1. The lowest BCUT2D eigenvalue weighted by molar-refractivity contribution is -0.116. The number of amides is 2. The average Bonchev–Trinajstić information content (AvgIpc) is 3.03. The van der Waals surface area contributed by atoms with Gasteiger partial charge in [0.1, 0.15) is 11.1 Å². The first kappa shape index (κ1) is 18.3. The van der Waals surface area contributed by atoms with E-state index in [1.54, 1.807) is 23.8 Å². The molecule has 0 radical (unpaired) electrons. The van der Waals surface area contributed by atoms with E-state index in [-0.39, 0.29) is 17.2 Å². The number of methoxy groups -OCH3 is 1. The second kappa shape index (κ2) is 8.27. The third-order valence-electron chi connectivity index (χ3n) is 4.19. The van der Waals surface area contributed by atoms with Gasteiger partial charge in [-0.1, -0.05) is 37.3 Å². The van der Waals surface area contributed by atoms with E-state index < -0.39 is 0 Å². The predicted octanol–water partition coefficient (Wildman–Crippen LogP) is 4.21. The molecule has 0 spiro atoms. The van der Waals surface area contributed by atoms with Crippen LogP contribution >= 0.6 is 11.8 Å². The van der Waals surface area contributed by atoms with Crippen LogP contribution in [0.5, 0.6) is 5.75 Å². The van der Waals surface area contributed by atoms with Crippen LogP contribution in [0.2, 0.25) is 0 Å². The summed E-state index contributed by atoms with van der Waals surface area (Å²) in [6.07, 6.45) is 1.26. The van der Waals surface area contributed by atoms with Gasteiger partial charge in [0.2, 0.25) is 11.8 Å². The Morgan fingerprint density at radius 3 is 2.73 bits per heavy atom. The SMILES string of the molecule is CCCC(=O)Nc1ccccc1[C@H]1SCC(=O)N1c1ccccc1OC. The van der Waals surface area contributed by atoms with E-state index in [0.29, 0.717) is 17.9 Å². The van der Waals surface area contributed by atoms with Crippen LogP contribution in [0, 0.1) is 0 Å². The summed E-state index contributed by atoms with van der Waals surface area (Å²) in [5, 5.41) is 2.77. The highest BCUT2D eigenvalue weighted by molar-refractivity contribution is 8.00. The monoisotopic (exact) mass is 370 g/mol. The summed E-state index contributed by atoms with van der Waals surface area (Å²) in [7, 11) is 1.60. The number of nitrogens with one attached hydrogen (secondary N) is 1. The zero-order valence-electron chi connectivity index (χ0n) is 14.9. The Balaban J connectivity index is 1.98. The molecule has 1 N–H and O–H groups in total. The summed E-state index contributed by atoms with van der Waals surface area (Å²) in [5.74, 6) is 1.05. The fourth-order valence-electron chi connectivity index (χ4n) is 3.01. The number of ether oxygens (including phenoxy) is 1. The molecule has 1 atom stereocenters. The number of hydrogen-bond donors (Lipinski definition) is 1. The molecule has 5 nitrogen and oxygen atoms in total. The Morgan fingerprint density at radius 1 is 1.23 bits per heavy atom. The van der Waals surface area contributed by atoms with Crippen LogP contribution in [-0.4, -0.2) is 24.7 Å². The van der Waals surface area contributed by atoms with E-state index >= 15 is 0 Å². The predicted molar refractivity (Wildman–Crippen MR) is 106 cm³/mol. The summed E-state index contributed by atoms with van der Waals surface area (Å²) in [5.41, 5.74) is 2.40. The van der Waals surface area contributed by atoms with Gasteiger partial charge >= 0.3 is 0 Å². The maximum absolute atomic E-state index is 12.6. The number of rotatable bonds is 6. The van der Waals surface area contributed by atoms with Crippen LogP contribution < -0.4 is 15.0 Å². The Bertz CT molecular complexity index is 809. The Kier molecular flexibility index (Phi) is 5.83. The topological polar surface area (TPSA) is 58.6 Å². The number of benzene rings is 2. The Labute approximate surface area is 157 Å². The average molecular weight is 370 g/mol. The van der Waals surface area contributed by atoms with Crippen molar-refractivity contribution in [2.75, 3.05) is 23.1 Å². The molecule has 0 aliphatic carbocycles. The molecule has 2 amide bonds. The van der Waals surface area contributed by atoms with E-state index in [9.17, 15) is 9.59 Å². The zero-order valence-corrected chi connectivity index (χ0v) is 15.7. The van der Waals surface area contributed by atoms with Crippen LogP contribution in [0.1, 0.15) is 30.7 Å². The molecule has 1 fully saturated rings. The first-order valence-corrected chi connectivity index (χ1v) is 9.66. The smallest absolute Gasteiger partial charge is 0.238 e. The number of nitrogens with zero attached hydrogens (tertiary/aromatic N) is 1. The number of carbonyl (C=O) groups excluding carboxylic acids is 2. The highest BCUT2D eigenvalue weighted by Gasteiger charge is 2.36. The summed E-state index contributed by atoms with van der Waals surface area (Å²) < 4.78 is 5.44. The van der Waals surface area contributed by atoms with Crippen molar-refractivity contribution in [1.82, 2.24) is 0 Å². The minimum atomic E-state index is -0.211. The van der Waals surface area contributed by atoms with E-state index in [1.165, 1.54) is 0 Å². The number of anilines is 2. The standard InChI is InChI=1S/C20H22N2O3S/c1-3-8-18(23)21-15-10-5-4-9-14(15)20-22(19(24)13-26-20)16-11-6-7-12-17(16)25-2/h4-7,9-12,20H,3,8,13H2,1-2H3,(H,21,23)/t20-/m1/s1. The zero-order chi connectivity index (χ0) is 18.5. The molecule has 3 rings (SSSR count). The normalized spacial score (nSPS) is 16.6. The van der Waals surface area contributed by atoms with E-state index in [4.69, 9.17) is 4.74 Å². The molecule has 2 aromatic rings. The van der Waals surface area contributed by atoms with Crippen LogP contribution in [0.4, 0.5) is 11.4 Å². The van der Waals surface area contributed by atoms with Crippen LogP contribution in [0.15, 0.2) is 48.5 Å². The minimum Gasteiger partial charge on any atom is -0.495 e. The molecule has 1 aliphatic rings. The number of carbonyl (C=O) groups is 2. The van der Waals surface area contributed by atoms with Crippen LogP contribution in [0.3, 0.4) is 0 Å². The molecule has 0 unspecified atom stereocenters. The van der Waals surface area contributed by atoms with Gasteiger partial charge in [-0.15, -0.1) is 11.8 Å². The van der Waals surface area contributed by atoms with Gasteiger partial charge in [-0.3, -0.25) is 14.5 Å². The van der Waals surface area contributed by atoms with Gasteiger partial charge in [0.15, 0.2) is 0 Å². The second-order valence-corrected chi connectivity index (χ2v) is 7.05. The first-order chi connectivity index (χ1) is 12.7. The molecule has 136 valence electrons. The third kappa shape index (κ3) is 3.70. The van der Waals surface area contributed by atoms with Crippen molar-refractivity contribution >= 4 is 35.0 Å². The lowest BCUT2D eigenvalue weighted by Crippen LogP contribution is -2.29. The van der Waals surface area contributed by atoms with Crippen molar-refractivity contribution in [3.63, 3.8) is 0 Å². The number of hydrogen-bond acceptors (Lipinski definition) is 4. The molecule has 1 saturated heterocycles. The fourth-order valence-corrected chi connectivity index (χ4v) is 4.21. The van der Waals surface area contributed by atoms with Crippen LogP contribution in [-0.2, 0) is 9.59 Å². The molecule has 26 heavy (non-hydrogen) atoms. The van der Waals surface area contributed by atoms with Crippen molar-refractivity contribution in [3.8, 4) is 5.75 Å². The van der Waals surface area contributed by atoms with Gasteiger partial charge in [0.25, 0.3) is 0 Å². The number of para-hydroxylation sites is 3. The lowest BCUT2D eigenvalue weighted by Gasteiger charge is -2.27. The summed E-state index contributed by atoms with van der Waals surface area (Å²) >= 11 is 1.55. The van der Waals surface area contributed by atoms with Gasteiger partial charge in [-0.25, -0.2) is 0 Å². The van der Waals surface area contributed by atoms with Crippen molar-refractivity contribution in [3.05, 3.63) is 54.1 Å². The maximum atomic E-state index is 12.6. The minimum absolute atomic E-state index is 0.0156. The Morgan fingerprint density at radius 2 is 1.96 bits per heavy atom. The quantitative estimate of drug-likeness (QED) is 0.827. The van der Waals surface area contributed by atoms with Gasteiger partial charge < -0.3 is 10.1 Å². The van der Waals surface area contributed by atoms with Crippen LogP contribution in [0.25, 0.3) is 0 Å². The molecule has 6 heteroatoms. The largest absolute Gasteiger partial charge is 0.495 e. The maximum Gasteiger partial charge on any atom is 0.238 e. The first-order valence-electron chi connectivity index (χ1n) is 8.61. The highest BCUT2D eigenvalue weighted by Crippen LogP contribution is 2.46. The molecule has 0 aromatic heterocycles. The molecule has 0 saturated carbocycles. The van der Waals surface area contributed by atoms with Crippen molar-refractivity contribution in [2.45, 2.75) is 25.1 Å². The van der Waals surface area contributed by atoms with E-state index in [1.807, 2.05) is 55.5 Å². The molecule has 1 aliphatic heterocycles. The molecule has 0 bridgehead atoms. The lowest BCUT2D eigenvalue weighted by atomic mass is 10.1. The van der Waals surface area contributed by atoms with Gasteiger partial charge in [-0.2, -0.15) is 0 Å². The highest BCUT2D eigenvalue weighted by atomic mass is 32.2. The van der Waals surface area contributed by atoms with Gasteiger partial charge in [-0.05, 0) is 24.6 Å². The summed E-state index contributed by atoms with van der Waals surface area (Å²) in [4.78, 5) is 26.5. The number of thioether (sulfide) groups is 1. The summed E-state index contributed by atoms with van der Waals surface area (Å²) in [6.45, 7) is 1.97. The molecular formula is C20H22N2O3S. The molecule has 1 heterocycles. The molecule has 2 aromatic carbocycles. The Hall–Kier alpha value is -2.47. The fraction of sp³-hybridized carbons (Fsp3) is 0.300. The van der Waals surface area contributed by atoms with Gasteiger partial charge in [0.05, 0.1) is 18.6 Å². The van der Waals surface area contributed by atoms with Gasteiger partial charge in [0, 0.05) is 17.7 Å².